The minimum atomic E-state index is -0.466. The van der Waals surface area contributed by atoms with E-state index in [4.69, 9.17) is 4.74 Å². The van der Waals surface area contributed by atoms with E-state index >= 15 is 0 Å². The van der Waals surface area contributed by atoms with Crippen LogP contribution in [0.5, 0.6) is 5.75 Å². The van der Waals surface area contributed by atoms with Gasteiger partial charge in [-0.1, -0.05) is 12.1 Å². The summed E-state index contributed by atoms with van der Waals surface area (Å²) in [6.45, 7) is 1.77. The highest BCUT2D eigenvalue weighted by molar-refractivity contribution is 5.80. The van der Waals surface area contributed by atoms with Crippen molar-refractivity contribution < 1.29 is 9.53 Å². The summed E-state index contributed by atoms with van der Waals surface area (Å²) in [5.41, 5.74) is 2.54. The average molecular weight is 262 g/mol. The van der Waals surface area contributed by atoms with E-state index in [-0.39, 0.29) is 5.91 Å². The van der Waals surface area contributed by atoms with E-state index in [2.05, 4.69) is 16.7 Å². The Labute approximate surface area is 114 Å². The largest absolute Gasteiger partial charge is 0.481 e. The number of carbonyl (C=O) groups excluding carboxylic acids is 1. The first kappa shape index (κ1) is 13.9. The summed E-state index contributed by atoms with van der Waals surface area (Å²) in [6, 6.07) is 6.49. The molecule has 104 valence electrons. The van der Waals surface area contributed by atoms with Gasteiger partial charge in [0.25, 0.3) is 5.91 Å². The van der Waals surface area contributed by atoms with Crippen LogP contribution in [0.4, 0.5) is 0 Å². The molecule has 2 unspecified atom stereocenters. The zero-order valence-electron chi connectivity index (χ0n) is 11.8. The molecule has 0 aliphatic heterocycles. The van der Waals surface area contributed by atoms with Gasteiger partial charge in [-0.25, -0.2) is 0 Å². The maximum atomic E-state index is 11.6. The Bertz CT molecular complexity index is 459. The second-order valence-electron chi connectivity index (χ2n) is 4.93. The Kier molecular flexibility index (Phi) is 4.43. The van der Waals surface area contributed by atoms with Crippen LogP contribution in [0.1, 0.15) is 36.9 Å². The third-order valence-corrected chi connectivity index (χ3v) is 3.73. The number of fused-ring (bicyclic) bond motifs is 1. The smallest absolute Gasteiger partial charge is 0.260 e. The molecule has 0 saturated carbocycles. The van der Waals surface area contributed by atoms with Crippen molar-refractivity contribution in [2.24, 2.45) is 0 Å². The topological polar surface area (TPSA) is 50.4 Å². The summed E-state index contributed by atoms with van der Waals surface area (Å²) in [4.78, 5) is 11.6. The summed E-state index contributed by atoms with van der Waals surface area (Å²) in [5.74, 6) is 0.743. The summed E-state index contributed by atoms with van der Waals surface area (Å²) in [6.07, 6.45) is 2.85. The molecule has 1 aliphatic carbocycles. The minimum absolute atomic E-state index is 0.0985. The third-order valence-electron chi connectivity index (χ3n) is 3.73. The number of rotatable bonds is 4. The lowest BCUT2D eigenvalue weighted by Crippen LogP contribution is -2.34. The van der Waals surface area contributed by atoms with Crippen LogP contribution >= 0.6 is 0 Å². The molecule has 1 aromatic rings. The van der Waals surface area contributed by atoms with E-state index in [9.17, 15) is 4.79 Å². The number of benzene rings is 1. The van der Waals surface area contributed by atoms with Crippen molar-refractivity contribution in [1.82, 2.24) is 10.6 Å². The van der Waals surface area contributed by atoms with E-state index in [1.807, 2.05) is 19.2 Å². The first-order valence-corrected chi connectivity index (χ1v) is 6.84. The van der Waals surface area contributed by atoms with Crippen LogP contribution in [0, 0.1) is 0 Å². The number of carbonyl (C=O) groups is 1. The highest BCUT2D eigenvalue weighted by atomic mass is 16.5. The maximum Gasteiger partial charge on any atom is 0.260 e. The lowest BCUT2D eigenvalue weighted by atomic mass is 9.87. The third kappa shape index (κ3) is 2.89. The fourth-order valence-electron chi connectivity index (χ4n) is 2.67. The molecule has 1 amide bonds. The van der Waals surface area contributed by atoms with Crippen LogP contribution in [-0.2, 0) is 11.2 Å². The van der Waals surface area contributed by atoms with Gasteiger partial charge in [0.15, 0.2) is 6.10 Å². The number of hydrogen-bond donors (Lipinski definition) is 2. The molecule has 4 nitrogen and oxygen atoms in total. The Morgan fingerprint density at radius 1 is 1.42 bits per heavy atom. The highest BCUT2D eigenvalue weighted by Gasteiger charge is 2.23. The zero-order valence-corrected chi connectivity index (χ0v) is 11.8. The van der Waals surface area contributed by atoms with Gasteiger partial charge < -0.3 is 15.4 Å². The lowest BCUT2D eigenvalue weighted by Gasteiger charge is -2.27. The van der Waals surface area contributed by atoms with Gasteiger partial charge in [0, 0.05) is 13.1 Å². The van der Waals surface area contributed by atoms with Gasteiger partial charge in [0.1, 0.15) is 5.75 Å². The molecular weight excluding hydrogens is 240 g/mol. The SMILES string of the molecule is CNC(=O)C(C)Oc1cccc2c1CCCC2NC. The molecule has 0 spiro atoms. The molecule has 1 aliphatic rings. The fraction of sp³-hybridized carbons (Fsp3) is 0.533. The molecule has 2 rings (SSSR count). The lowest BCUT2D eigenvalue weighted by molar-refractivity contribution is -0.126. The molecule has 0 heterocycles. The Morgan fingerprint density at radius 2 is 2.21 bits per heavy atom. The van der Waals surface area contributed by atoms with E-state index in [0.717, 1.165) is 25.0 Å². The number of hydrogen-bond acceptors (Lipinski definition) is 3. The van der Waals surface area contributed by atoms with Crippen LogP contribution in [0.3, 0.4) is 0 Å². The standard InChI is InChI=1S/C15H22N2O2/c1-10(15(18)17-3)19-14-9-5-6-11-12(14)7-4-8-13(11)16-2/h5-6,9-10,13,16H,4,7-8H2,1-3H3,(H,17,18). The molecule has 0 saturated heterocycles. The van der Waals surface area contributed by atoms with Crippen molar-refractivity contribution in [1.29, 1.82) is 0 Å². The Morgan fingerprint density at radius 3 is 2.89 bits per heavy atom. The summed E-state index contributed by atoms with van der Waals surface area (Å²) in [5, 5.41) is 5.95. The molecule has 4 heteroatoms. The van der Waals surface area contributed by atoms with Crippen molar-refractivity contribution in [3.63, 3.8) is 0 Å². The molecule has 0 bridgehead atoms. The van der Waals surface area contributed by atoms with Gasteiger partial charge in [-0.3, -0.25) is 4.79 Å². The Balaban J connectivity index is 2.25. The van der Waals surface area contributed by atoms with Crippen LogP contribution in [0.2, 0.25) is 0 Å². The van der Waals surface area contributed by atoms with Gasteiger partial charge in [0.05, 0.1) is 0 Å². The molecule has 0 aromatic heterocycles. The number of ether oxygens (including phenoxy) is 1. The van der Waals surface area contributed by atoms with Gasteiger partial charge in [0.2, 0.25) is 0 Å². The van der Waals surface area contributed by atoms with Crippen molar-refractivity contribution in [3.05, 3.63) is 29.3 Å². The van der Waals surface area contributed by atoms with Crippen LogP contribution < -0.4 is 15.4 Å². The van der Waals surface area contributed by atoms with Gasteiger partial charge in [-0.2, -0.15) is 0 Å². The zero-order chi connectivity index (χ0) is 13.8. The van der Waals surface area contributed by atoms with Gasteiger partial charge in [-0.05, 0) is 50.4 Å². The van der Waals surface area contributed by atoms with Crippen LogP contribution in [0.25, 0.3) is 0 Å². The van der Waals surface area contributed by atoms with Crippen molar-refractivity contribution in [2.45, 2.75) is 38.3 Å². The first-order valence-electron chi connectivity index (χ1n) is 6.84. The highest BCUT2D eigenvalue weighted by Crippen LogP contribution is 2.35. The summed E-state index contributed by atoms with van der Waals surface area (Å²) >= 11 is 0. The van der Waals surface area contributed by atoms with E-state index in [1.54, 1.807) is 14.0 Å². The quantitative estimate of drug-likeness (QED) is 0.870. The van der Waals surface area contributed by atoms with Gasteiger partial charge >= 0.3 is 0 Å². The molecule has 2 N–H and O–H groups in total. The van der Waals surface area contributed by atoms with Crippen LogP contribution in [0.15, 0.2) is 18.2 Å². The average Bonchev–Trinajstić information content (AvgIpc) is 2.46. The minimum Gasteiger partial charge on any atom is -0.481 e. The molecule has 1 aromatic carbocycles. The second-order valence-corrected chi connectivity index (χ2v) is 4.93. The van der Waals surface area contributed by atoms with Gasteiger partial charge in [-0.15, -0.1) is 0 Å². The normalized spacial score (nSPS) is 19.4. The van der Waals surface area contributed by atoms with Crippen LogP contribution in [-0.4, -0.2) is 26.1 Å². The summed E-state index contributed by atoms with van der Waals surface area (Å²) < 4.78 is 5.82. The molecule has 0 fully saturated rings. The molecule has 0 radical (unpaired) electrons. The van der Waals surface area contributed by atoms with Crippen molar-refractivity contribution in [2.75, 3.05) is 14.1 Å². The number of nitrogens with one attached hydrogen (secondary N) is 2. The first-order chi connectivity index (χ1) is 9.17. The molecular formula is C15H22N2O2. The second kappa shape index (κ2) is 6.06. The van der Waals surface area contributed by atoms with Crippen molar-refractivity contribution >= 4 is 5.91 Å². The summed E-state index contributed by atoms with van der Waals surface area (Å²) in [7, 11) is 3.61. The monoisotopic (exact) mass is 262 g/mol. The number of likely N-dealkylation sites (N-methyl/N-ethyl adjacent to an activating group) is 1. The fourth-order valence-corrected chi connectivity index (χ4v) is 2.67. The van der Waals surface area contributed by atoms with Crippen molar-refractivity contribution in [3.8, 4) is 5.75 Å². The maximum absolute atomic E-state index is 11.6. The number of amides is 1. The molecule has 19 heavy (non-hydrogen) atoms. The molecule has 2 atom stereocenters. The Hall–Kier alpha value is -1.55. The van der Waals surface area contributed by atoms with E-state index in [1.165, 1.54) is 11.1 Å². The predicted octanol–water partition coefficient (Wildman–Crippen LogP) is 1.80. The van der Waals surface area contributed by atoms with E-state index < -0.39 is 6.10 Å². The predicted molar refractivity (Wildman–Crippen MR) is 75.3 cm³/mol. The van der Waals surface area contributed by atoms with E-state index in [0.29, 0.717) is 6.04 Å².